The van der Waals surface area contributed by atoms with Gasteiger partial charge in [-0.15, -0.1) is 0 Å². The van der Waals surface area contributed by atoms with E-state index < -0.39 is 12.2 Å². The molecule has 1 rings (SSSR count). The molecule has 0 aromatic carbocycles. The fourth-order valence-electron chi connectivity index (χ4n) is 1.15. The van der Waals surface area contributed by atoms with Crippen LogP contribution in [0.5, 0.6) is 0 Å². The molecular formula is C10H14N2O3S. The molecule has 5 nitrogen and oxygen atoms in total. The number of carbonyl (C=O) groups excluding carboxylic acids is 1. The van der Waals surface area contributed by atoms with Crippen LogP contribution in [0.2, 0.25) is 0 Å². The minimum Gasteiger partial charge on any atom is -0.465 e. The van der Waals surface area contributed by atoms with E-state index in [0.29, 0.717) is 16.8 Å². The number of carbonyl (C=O) groups is 1. The van der Waals surface area contributed by atoms with E-state index in [1.54, 1.807) is 25.3 Å². The summed E-state index contributed by atoms with van der Waals surface area (Å²) in [4.78, 5) is 13.8. The summed E-state index contributed by atoms with van der Waals surface area (Å²) in [6, 6.07) is 3.40. The Morgan fingerprint density at radius 2 is 2.50 bits per heavy atom. The summed E-state index contributed by atoms with van der Waals surface area (Å²) in [5.74, 6) is -0.410. The van der Waals surface area contributed by atoms with Crippen LogP contribution >= 0.6 is 12.2 Å². The summed E-state index contributed by atoms with van der Waals surface area (Å²) in [5.41, 5.74) is 0.529. The number of aromatic nitrogens is 1. The number of H-pyrrole nitrogens is 1. The summed E-state index contributed by atoms with van der Waals surface area (Å²) in [6.07, 6.45) is 0.693. The van der Waals surface area contributed by atoms with Gasteiger partial charge in [0.1, 0.15) is 10.9 Å². The fourth-order valence-corrected chi connectivity index (χ4v) is 1.40. The number of aromatic amines is 1. The molecule has 1 heterocycles. The molecule has 88 valence electrons. The van der Waals surface area contributed by atoms with Gasteiger partial charge in [0.15, 0.2) is 0 Å². The minimum absolute atomic E-state index is 0.0569. The molecule has 16 heavy (non-hydrogen) atoms. The lowest BCUT2D eigenvalue weighted by atomic mass is 10.2. The van der Waals surface area contributed by atoms with Crippen molar-refractivity contribution in [3.8, 4) is 0 Å². The van der Waals surface area contributed by atoms with Crippen LogP contribution in [-0.2, 0) is 9.53 Å². The molecule has 1 atom stereocenters. The SMILES string of the molecule is CCOC(=O)CNC(O)c1ccc[nH]c1=S. The van der Waals surface area contributed by atoms with E-state index in [1.807, 2.05) is 0 Å². The second kappa shape index (κ2) is 6.37. The third-order valence-electron chi connectivity index (χ3n) is 1.89. The first-order valence-corrected chi connectivity index (χ1v) is 5.30. The molecule has 1 aromatic rings. The zero-order chi connectivity index (χ0) is 12.0. The summed E-state index contributed by atoms with van der Waals surface area (Å²) in [7, 11) is 0. The number of hydrogen-bond donors (Lipinski definition) is 3. The quantitative estimate of drug-likeness (QED) is 0.406. The Morgan fingerprint density at radius 3 is 3.12 bits per heavy atom. The predicted molar refractivity (Wildman–Crippen MR) is 61.2 cm³/mol. The van der Waals surface area contributed by atoms with Crippen LogP contribution in [0.15, 0.2) is 18.3 Å². The van der Waals surface area contributed by atoms with Crippen LogP contribution in [0.25, 0.3) is 0 Å². The van der Waals surface area contributed by atoms with Crippen molar-refractivity contribution in [1.82, 2.24) is 10.3 Å². The maximum Gasteiger partial charge on any atom is 0.319 e. The molecule has 0 aliphatic heterocycles. The van der Waals surface area contributed by atoms with E-state index in [2.05, 4.69) is 10.3 Å². The Bertz CT molecular complexity index is 405. The standard InChI is InChI=1S/C10H14N2O3S/c1-2-15-8(13)6-12-9(14)7-4-3-5-11-10(7)16/h3-5,9,12,14H,2,6H2,1H3,(H,11,16). The van der Waals surface area contributed by atoms with E-state index in [-0.39, 0.29) is 6.54 Å². The predicted octanol–water partition coefficient (Wildman–Crippen LogP) is 0.888. The highest BCUT2D eigenvalue weighted by atomic mass is 32.1. The van der Waals surface area contributed by atoms with Gasteiger partial charge < -0.3 is 14.8 Å². The van der Waals surface area contributed by atoms with Crippen molar-refractivity contribution in [3.63, 3.8) is 0 Å². The van der Waals surface area contributed by atoms with Gasteiger partial charge in [0.05, 0.1) is 13.2 Å². The highest BCUT2D eigenvalue weighted by Gasteiger charge is 2.10. The summed E-state index contributed by atoms with van der Waals surface area (Å²) in [5, 5.41) is 12.3. The van der Waals surface area contributed by atoms with Gasteiger partial charge in [-0.3, -0.25) is 10.1 Å². The molecule has 0 bridgehead atoms. The molecule has 0 spiro atoms. The lowest BCUT2D eigenvalue weighted by Crippen LogP contribution is -2.29. The Labute approximate surface area is 98.5 Å². The van der Waals surface area contributed by atoms with Gasteiger partial charge >= 0.3 is 5.97 Å². The summed E-state index contributed by atoms with van der Waals surface area (Å²) >= 11 is 4.99. The second-order valence-corrected chi connectivity index (χ2v) is 3.45. The Balaban J connectivity index is 2.53. The van der Waals surface area contributed by atoms with E-state index in [1.165, 1.54) is 0 Å². The first kappa shape index (κ1) is 12.8. The molecule has 0 saturated heterocycles. The molecule has 0 aliphatic rings. The molecule has 0 amide bonds. The molecular weight excluding hydrogens is 228 g/mol. The highest BCUT2D eigenvalue weighted by molar-refractivity contribution is 7.71. The van der Waals surface area contributed by atoms with Crippen molar-refractivity contribution in [2.75, 3.05) is 13.2 Å². The average Bonchev–Trinajstić information content (AvgIpc) is 2.27. The Kier molecular flexibility index (Phi) is 5.10. The maximum absolute atomic E-state index is 11.0. The minimum atomic E-state index is -0.977. The lowest BCUT2D eigenvalue weighted by molar-refractivity contribution is -0.142. The van der Waals surface area contributed by atoms with E-state index in [4.69, 9.17) is 17.0 Å². The monoisotopic (exact) mass is 242 g/mol. The zero-order valence-corrected chi connectivity index (χ0v) is 9.71. The molecule has 0 radical (unpaired) electrons. The van der Waals surface area contributed by atoms with Crippen LogP contribution in [0, 0.1) is 4.64 Å². The van der Waals surface area contributed by atoms with Crippen molar-refractivity contribution in [1.29, 1.82) is 0 Å². The van der Waals surface area contributed by atoms with E-state index in [0.717, 1.165) is 0 Å². The normalized spacial score (nSPS) is 12.1. The number of esters is 1. The number of ether oxygens (including phenoxy) is 1. The Morgan fingerprint density at radius 1 is 1.75 bits per heavy atom. The van der Waals surface area contributed by atoms with Gasteiger partial charge in [-0.05, 0) is 13.0 Å². The van der Waals surface area contributed by atoms with Gasteiger partial charge in [0, 0.05) is 11.8 Å². The molecule has 3 N–H and O–H groups in total. The molecule has 1 aromatic heterocycles. The molecule has 1 unspecified atom stereocenters. The van der Waals surface area contributed by atoms with Crippen molar-refractivity contribution in [3.05, 3.63) is 28.5 Å². The van der Waals surface area contributed by atoms with Gasteiger partial charge in [-0.25, -0.2) is 0 Å². The highest BCUT2D eigenvalue weighted by Crippen LogP contribution is 2.09. The van der Waals surface area contributed by atoms with Crippen LogP contribution in [0.3, 0.4) is 0 Å². The fraction of sp³-hybridized carbons (Fsp3) is 0.400. The largest absolute Gasteiger partial charge is 0.465 e. The van der Waals surface area contributed by atoms with Gasteiger partial charge in [0.25, 0.3) is 0 Å². The first-order chi connectivity index (χ1) is 7.65. The van der Waals surface area contributed by atoms with E-state index in [9.17, 15) is 9.90 Å². The smallest absolute Gasteiger partial charge is 0.319 e. The third-order valence-corrected chi connectivity index (χ3v) is 2.24. The Hall–Kier alpha value is -1.24. The van der Waals surface area contributed by atoms with E-state index >= 15 is 0 Å². The van der Waals surface area contributed by atoms with Crippen LogP contribution in [0.1, 0.15) is 18.7 Å². The van der Waals surface area contributed by atoms with Gasteiger partial charge in [-0.2, -0.15) is 0 Å². The van der Waals surface area contributed by atoms with Gasteiger partial charge in [-0.1, -0.05) is 18.3 Å². The van der Waals surface area contributed by atoms with Crippen molar-refractivity contribution >= 4 is 18.2 Å². The maximum atomic E-state index is 11.0. The number of aliphatic hydroxyl groups excluding tert-OH is 1. The number of aliphatic hydroxyl groups is 1. The summed E-state index contributed by atoms with van der Waals surface area (Å²) in [6.45, 7) is 1.99. The van der Waals surface area contributed by atoms with Crippen molar-refractivity contribution in [2.45, 2.75) is 13.2 Å². The number of hydrogen-bond acceptors (Lipinski definition) is 5. The van der Waals surface area contributed by atoms with Crippen LogP contribution < -0.4 is 5.32 Å². The van der Waals surface area contributed by atoms with Crippen molar-refractivity contribution in [2.24, 2.45) is 0 Å². The molecule has 0 aliphatic carbocycles. The molecule has 6 heteroatoms. The van der Waals surface area contributed by atoms with Crippen molar-refractivity contribution < 1.29 is 14.6 Å². The second-order valence-electron chi connectivity index (χ2n) is 3.04. The average molecular weight is 242 g/mol. The van der Waals surface area contributed by atoms with Gasteiger partial charge in [0.2, 0.25) is 0 Å². The topological polar surface area (TPSA) is 74.3 Å². The lowest BCUT2D eigenvalue weighted by Gasteiger charge is -2.12. The number of rotatable bonds is 5. The molecule has 0 fully saturated rings. The first-order valence-electron chi connectivity index (χ1n) is 4.89. The van der Waals surface area contributed by atoms with Crippen LogP contribution in [-0.4, -0.2) is 29.2 Å². The zero-order valence-electron chi connectivity index (χ0n) is 8.90. The third kappa shape index (κ3) is 3.73. The van der Waals surface area contributed by atoms with Crippen LogP contribution in [0.4, 0.5) is 0 Å². The molecule has 0 saturated carbocycles. The number of nitrogens with one attached hydrogen (secondary N) is 2. The number of pyridine rings is 1. The summed E-state index contributed by atoms with van der Waals surface area (Å²) < 4.78 is 5.15.